The number of fused-ring (bicyclic) bond motifs is 2. The number of nitrogens with one attached hydrogen (secondary N) is 2. The van der Waals surface area contributed by atoms with Crippen molar-refractivity contribution in [1.82, 2.24) is 14.7 Å². The van der Waals surface area contributed by atoms with Crippen LogP contribution in [0, 0.1) is 11.8 Å². The molecule has 0 bridgehead atoms. The lowest BCUT2D eigenvalue weighted by Crippen LogP contribution is -2.17. The van der Waals surface area contributed by atoms with Crippen LogP contribution >= 0.6 is 0 Å². The Balaban J connectivity index is 1.22. The maximum absolute atomic E-state index is 11.9. The number of amides is 1. The fourth-order valence-corrected chi connectivity index (χ4v) is 5.85. The molecular weight excluding hydrogens is 432 g/mol. The largest absolute Gasteiger partial charge is 0.352 e. The van der Waals surface area contributed by atoms with Gasteiger partial charge in [-0.05, 0) is 96.5 Å². The van der Waals surface area contributed by atoms with E-state index in [2.05, 4.69) is 76.3 Å². The summed E-state index contributed by atoms with van der Waals surface area (Å²) in [5.74, 6) is 2.39. The molecule has 5 nitrogen and oxygen atoms in total. The van der Waals surface area contributed by atoms with E-state index < -0.39 is 0 Å². The standard InChI is InChI=1S/C30H32N4O/c1-19(2)20-3-5-21(6-4-20)22-7-10-25(11-8-22)33-27-13-14-28(34-16-15-31-29(27)34)23-9-12-26-24(17-23)18-32-30(26)35/h7-17,19-21,33H,3-6,18H2,1-2H3,(H,32,35). The van der Waals surface area contributed by atoms with E-state index in [9.17, 15) is 4.79 Å². The monoisotopic (exact) mass is 464 g/mol. The lowest BCUT2D eigenvalue weighted by atomic mass is 9.75. The second-order valence-electron chi connectivity index (χ2n) is 10.4. The van der Waals surface area contributed by atoms with E-state index in [-0.39, 0.29) is 5.91 Å². The SMILES string of the molecule is CC(C)C1CCC(c2ccc(Nc3ccc(-c4ccc5c(c4)CNC5=O)n4ccnc34)cc2)CC1. The number of hydrogen-bond donors (Lipinski definition) is 2. The third-order valence-corrected chi connectivity index (χ3v) is 8.01. The first-order valence-corrected chi connectivity index (χ1v) is 12.8. The molecule has 1 aliphatic heterocycles. The molecule has 1 fully saturated rings. The molecule has 35 heavy (non-hydrogen) atoms. The molecule has 2 aromatic heterocycles. The minimum absolute atomic E-state index is 0.00753. The molecule has 0 saturated heterocycles. The van der Waals surface area contributed by atoms with E-state index in [0.717, 1.165) is 51.2 Å². The first-order chi connectivity index (χ1) is 17.1. The normalized spacial score (nSPS) is 19.7. The summed E-state index contributed by atoms with van der Waals surface area (Å²) in [4.78, 5) is 16.5. The van der Waals surface area contributed by atoms with Gasteiger partial charge in [0, 0.05) is 30.2 Å². The topological polar surface area (TPSA) is 58.4 Å². The second-order valence-corrected chi connectivity index (χ2v) is 10.4. The lowest BCUT2D eigenvalue weighted by Gasteiger charge is -2.31. The highest BCUT2D eigenvalue weighted by Gasteiger charge is 2.24. The molecule has 6 rings (SSSR count). The van der Waals surface area contributed by atoms with Crippen LogP contribution < -0.4 is 10.6 Å². The van der Waals surface area contributed by atoms with Gasteiger partial charge in [-0.15, -0.1) is 0 Å². The highest BCUT2D eigenvalue weighted by molar-refractivity contribution is 5.99. The summed E-state index contributed by atoms with van der Waals surface area (Å²) in [7, 11) is 0. The zero-order chi connectivity index (χ0) is 23.9. The van der Waals surface area contributed by atoms with Gasteiger partial charge >= 0.3 is 0 Å². The second kappa shape index (κ2) is 8.88. The predicted octanol–water partition coefficient (Wildman–Crippen LogP) is 6.92. The number of aromatic nitrogens is 2. The van der Waals surface area contributed by atoms with Gasteiger partial charge in [-0.1, -0.05) is 32.0 Å². The number of carbonyl (C=O) groups excluding carboxylic acids is 1. The van der Waals surface area contributed by atoms with E-state index in [0.29, 0.717) is 12.5 Å². The van der Waals surface area contributed by atoms with Crippen LogP contribution in [-0.2, 0) is 6.54 Å². The molecule has 2 aromatic carbocycles. The average molecular weight is 465 g/mol. The number of benzene rings is 2. The number of anilines is 2. The Hall–Kier alpha value is -3.60. The lowest BCUT2D eigenvalue weighted by molar-refractivity contribution is 0.0965. The Morgan fingerprint density at radius 1 is 1.00 bits per heavy atom. The van der Waals surface area contributed by atoms with Gasteiger partial charge in [0.15, 0.2) is 5.65 Å². The van der Waals surface area contributed by atoms with Gasteiger partial charge in [0.2, 0.25) is 0 Å². The summed E-state index contributed by atoms with van der Waals surface area (Å²) in [5.41, 5.74) is 8.33. The highest BCUT2D eigenvalue weighted by Crippen LogP contribution is 2.39. The molecule has 4 aromatic rings. The first-order valence-electron chi connectivity index (χ1n) is 12.8. The first kappa shape index (κ1) is 21.9. The molecule has 1 aliphatic carbocycles. The molecule has 2 aliphatic rings. The number of rotatable bonds is 5. The van der Waals surface area contributed by atoms with Gasteiger partial charge in [-0.2, -0.15) is 0 Å². The van der Waals surface area contributed by atoms with Crippen LogP contribution in [0.1, 0.15) is 66.9 Å². The third kappa shape index (κ3) is 4.09. The van der Waals surface area contributed by atoms with Crippen LogP contribution in [0.2, 0.25) is 0 Å². The molecule has 0 radical (unpaired) electrons. The van der Waals surface area contributed by atoms with Crippen molar-refractivity contribution in [2.45, 2.75) is 52.0 Å². The van der Waals surface area contributed by atoms with Gasteiger partial charge in [0.25, 0.3) is 5.91 Å². The van der Waals surface area contributed by atoms with E-state index >= 15 is 0 Å². The molecule has 1 saturated carbocycles. The maximum Gasteiger partial charge on any atom is 0.251 e. The third-order valence-electron chi connectivity index (χ3n) is 8.01. The summed E-state index contributed by atoms with van der Waals surface area (Å²) >= 11 is 0. The van der Waals surface area contributed by atoms with Crippen molar-refractivity contribution in [1.29, 1.82) is 0 Å². The summed E-state index contributed by atoms with van der Waals surface area (Å²) in [6.07, 6.45) is 9.13. The minimum Gasteiger partial charge on any atom is -0.352 e. The van der Waals surface area contributed by atoms with Gasteiger partial charge in [0.05, 0.1) is 11.4 Å². The van der Waals surface area contributed by atoms with E-state index in [1.54, 1.807) is 0 Å². The van der Waals surface area contributed by atoms with Crippen LogP contribution in [0.5, 0.6) is 0 Å². The van der Waals surface area contributed by atoms with Crippen molar-refractivity contribution in [3.63, 3.8) is 0 Å². The van der Waals surface area contributed by atoms with Crippen molar-refractivity contribution in [2.75, 3.05) is 5.32 Å². The average Bonchev–Trinajstić information content (AvgIpc) is 3.52. The summed E-state index contributed by atoms with van der Waals surface area (Å²) in [5, 5.41) is 6.47. The van der Waals surface area contributed by atoms with Gasteiger partial charge in [0.1, 0.15) is 0 Å². The van der Waals surface area contributed by atoms with Crippen molar-refractivity contribution in [3.8, 4) is 11.3 Å². The quantitative estimate of drug-likeness (QED) is 0.337. The van der Waals surface area contributed by atoms with Gasteiger partial charge in [-0.25, -0.2) is 4.98 Å². The van der Waals surface area contributed by atoms with Crippen molar-refractivity contribution in [2.24, 2.45) is 11.8 Å². The van der Waals surface area contributed by atoms with Crippen LogP contribution in [0.4, 0.5) is 11.4 Å². The number of pyridine rings is 1. The van der Waals surface area contributed by atoms with Crippen molar-refractivity contribution < 1.29 is 4.79 Å². The molecule has 0 atom stereocenters. The van der Waals surface area contributed by atoms with Crippen LogP contribution in [0.25, 0.3) is 16.9 Å². The number of nitrogens with zero attached hydrogens (tertiary/aromatic N) is 2. The maximum atomic E-state index is 11.9. The fourth-order valence-electron chi connectivity index (χ4n) is 5.85. The Morgan fingerprint density at radius 3 is 2.57 bits per heavy atom. The van der Waals surface area contributed by atoms with E-state index in [1.807, 2.05) is 24.5 Å². The fraction of sp³-hybridized carbons (Fsp3) is 0.333. The Labute approximate surface area is 206 Å². The van der Waals surface area contributed by atoms with Crippen molar-refractivity contribution in [3.05, 3.63) is 83.7 Å². The number of hydrogen-bond acceptors (Lipinski definition) is 3. The van der Waals surface area contributed by atoms with Gasteiger partial charge in [-0.3, -0.25) is 9.20 Å². The molecule has 3 heterocycles. The zero-order valence-electron chi connectivity index (χ0n) is 20.4. The van der Waals surface area contributed by atoms with E-state index in [4.69, 9.17) is 0 Å². The molecule has 0 unspecified atom stereocenters. The molecule has 1 amide bonds. The van der Waals surface area contributed by atoms with Crippen molar-refractivity contribution >= 4 is 22.9 Å². The Kier molecular flexibility index (Phi) is 5.56. The molecule has 5 heteroatoms. The molecule has 2 N–H and O–H groups in total. The van der Waals surface area contributed by atoms with Gasteiger partial charge < -0.3 is 10.6 Å². The minimum atomic E-state index is 0.00753. The molecule has 178 valence electrons. The van der Waals surface area contributed by atoms with Crippen LogP contribution in [0.3, 0.4) is 0 Å². The number of imidazole rings is 1. The zero-order valence-corrected chi connectivity index (χ0v) is 20.4. The van der Waals surface area contributed by atoms with Crippen LogP contribution in [0.15, 0.2) is 67.0 Å². The van der Waals surface area contributed by atoms with Crippen LogP contribution in [-0.4, -0.2) is 15.3 Å². The predicted molar refractivity (Wildman–Crippen MR) is 141 cm³/mol. The summed E-state index contributed by atoms with van der Waals surface area (Å²) < 4.78 is 2.11. The summed E-state index contributed by atoms with van der Waals surface area (Å²) in [6.45, 7) is 5.31. The summed E-state index contributed by atoms with van der Waals surface area (Å²) in [6, 6.07) is 19.2. The van der Waals surface area contributed by atoms with E-state index in [1.165, 1.54) is 31.2 Å². The number of carbonyl (C=O) groups is 1. The molecular formula is C30H32N4O. The molecule has 0 spiro atoms. The highest BCUT2D eigenvalue weighted by atomic mass is 16.1. The Bertz CT molecular complexity index is 1380. The Morgan fingerprint density at radius 2 is 1.80 bits per heavy atom. The smallest absolute Gasteiger partial charge is 0.251 e.